The molecule has 0 unspecified atom stereocenters. The molecule has 2 rings (SSSR count). The molecule has 0 radical (unpaired) electrons. The molecule has 0 atom stereocenters. The highest BCUT2D eigenvalue weighted by Crippen LogP contribution is 2.02. The van der Waals surface area contributed by atoms with Crippen molar-refractivity contribution in [3.8, 4) is 0 Å². The Hall–Kier alpha value is -1.52. The van der Waals surface area contributed by atoms with Crippen molar-refractivity contribution in [2.24, 2.45) is 0 Å². The first-order chi connectivity index (χ1) is 5.27. The van der Waals surface area contributed by atoms with Crippen LogP contribution in [0.25, 0.3) is 5.78 Å². The summed E-state index contributed by atoms with van der Waals surface area (Å²) >= 11 is 0. The Morgan fingerprint density at radius 3 is 3.00 bits per heavy atom. The molecular weight excluding hydrogens is 142 g/mol. The van der Waals surface area contributed by atoms with E-state index in [4.69, 9.17) is 0 Å². The summed E-state index contributed by atoms with van der Waals surface area (Å²) in [5, 5.41) is 10.9. The number of nitrogens with zero attached hydrogens (tertiary/aromatic N) is 5. The molecule has 11 heavy (non-hydrogen) atoms. The number of hydrogen-bond acceptors (Lipinski definition) is 4. The summed E-state index contributed by atoms with van der Waals surface area (Å²) in [6.45, 7) is 3.91. The lowest BCUT2D eigenvalue weighted by atomic mass is 10.3. The molecule has 2 aromatic rings. The summed E-state index contributed by atoms with van der Waals surface area (Å²) in [5.74, 6) is 0.549. The van der Waals surface area contributed by atoms with Gasteiger partial charge in [0.25, 0.3) is 5.78 Å². The summed E-state index contributed by atoms with van der Waals surface area (Å²) in [6.07, 6.45) is 1.86. The summed E-state index contributed by atoms with van der Waals surface area (Å²) in [6, 6.07) is 0. The molecule has 0 spiro atoms. The number of hydrogen-bond donors (Lipinski definition) is 0. The second-order valence-electron chi connectivity index (χ2n) is 2.43. The van der Waals surface area contributed by atoms with Crippen molar-refractivity contribution in [1.82, 2.24) is 25.0 Å². The Kier molecular flexibility index (Phi) is 1.12. The fraction of sp³-hybridized carbons (Fsp3) is 0.333. The van der Waals surface area contributed by atoms with Crippen LogP contribution >= 0.6 is 0 Å². The van der Waals surface area contributed by atoms with Crippen LogP contribution in [-0.2, 0) is 0 Å². The van der Waals surface area contributed by atoms with Gasteiger partial charge in [0.15, 0.2) is 0 Å². The van der Waals surface area contributed by atoms with E-state index in [2.05, 4.69) is 20.5 Å². The molecule has 2 heterocycles. The predicted molar refractivity (Wildman–Crippen MR) is 38.1 cm³/mol. The zero-order chi connectivity index (χ0) is 7.84. The number of aromatic nitrogens is 5. The van der Waals surface area contributed by atoms with Gasteiger partial charge < -0.3 is 0 Å². The summed E-state index contributed by atoms with van der Waals surface area (Å²) in [7, 11) is 0. The fourth-order valence-electron chi connectivity index (χ4n) is 0.861. The van der Waals surface area contributed by atoms with Crippen molar-refractivity contribution in [2.75, 3.05) is 0 Å². The van der Waals surface area contributed by atoms with Crippen molar-refractivity contribution < 1.29 is 0 Å². The van der Waals surface area contributed by atoms with Crippen LogP contribution in [0.1, 0.15) is 11.3 Å². The molecule has 0 aromatic carbocycles. The van der Waals surface area contributed by atoms with Gasteiger partial charge in [0, 0.05) is 11.9 Å². The predicted octanol–water partition coefficient (Wildman–Crippen LogP) is 0.136. The minimum absolute atomic E-state index is 0.549. The lowest BCUT2D eigenvalue weighted by Crippen LogP contribution is -1.95. The Morgan fingerprint density at radius 2 is 2.18 bits per heavy atom. The van der Waals surface area contributed by atoms with Gasteiger partial charge >= 0.3 is 0 Å². The monoisotopic (exact) mass is 149 g/mol. The van der Waals surface area contributed by atoms with Gasteiger partial charge in [-0.3, -0.25) is 0 Å². The van der Waals surface area contributed by atoms with E-state index in [0.717, 1.165) is 11.3 Å². The van der Waals surface area contributed by atoms with E-state index in [1.54, 1.807) is 4.52 Å². The van der Waals surface area contributed by atoms with Gasteiger partial charge in [-0.05, 0) is 29.8 Å². The second-order valence-corrected chi connectivity index (χ2v) is 2.43. The summed E-state index contributed by atoms with van der Waals surface area (Å²) in [4.78, 5) is 4.16. The smallest absolute Gasteiger partial charge is 0.215 e. The normalized spacial score (nSPS) is 10.7. The molecule has 5 heteroatoms. The zero-order valence-electron chi connectivity index (χ0n) is 6.31. The molecule has 0 bridgehead atoms. The highest BCUT2D eigenvalue weighted by atomic mass is 15.5. The van der Waals surface area contributed by atoms with Crippen LogP contribution in [-0.4, -0.2) is 25.0 Å². The number of aryl methyl sites for hydroxylation is 2. The number of fused-ring (bicyclic) bond motifs is 1. The van der Waals surface area contributed by atoms with E-state index in [1.165, 1.54) is 0 Å². The standard InChI is InChI=1S/C6H7N5/c1-4-3-11-6(7-5(4)2)8-9-10-11/h3H,1-2H3. The highest BCUT2D eigenvalue weighted by Gasteiger charge is 2.00. The van der Waals surface area contributed by atoms with Crippen molar-refractivity contribution in [1.29, 1.82) is 0 Å². The second kappa shape index (κ2) is 1.98. The van der Waals surface area contributed by atoms with Crippen LogP contribution in [0.5, 0.6) is 0 Å². The molecule has 5 nitrogen and oxygen atoms in total. The number of rotatable bonds is 0. The van der Waals surface area contributed by atoms with Gasteiger partial charge in [0.2, 0.25) is 0 Å². The molecular formula is C6H7N5. The molecule has 0 saturated heterocycles. The third-order valence-corrected chi connectivity index (χ3v) is 1.63. The fourth-order valence-corrected chi connectivity index (χ4v) is 0.861. The van der Waals surface area contributed by atoms with Crippen molar-refractivity contribution in [3.05, 3.63) is 17.5 Å². The molecule has 0 aliphatic rings. The third kappa shape index (κ3) is 0.849. The molecule has 0 aliphatic carbocycles. The first-order valence-electron chi connectivity index (χ1n) is 3.29. The average molecular weight is 149 g/mol. The van der Waals surface area contributed by atoms with Crippen LogP contribution in [0, 0.1) is 13.8 Å². The highest BCUT2D eigenvalue weighted by molar-refractivity contribution is 5.28. The lowest BCUT2D eigenvalue weighted by molar-refractivity contribution is 0.815. The molecule has 0 amide bonds. The Labute approximate surface area is 63.1 Å². The summed E-state index contributed by atoms with van der Waals surface area (Å²) in [5.41, 5.74) is 2.05. The topological polar surface area (TPSA) is 56.0 Å². The summed E-state index contributed by atoms with van der Waals surface area (Å²) < 4.78 is 1.56. The van der Waals surface area contributed by atoms with E-state index < -0.39 is 0 Å². The molecule has 2 aromatic heterocycles. The van der Waals surface area contributed by atoms with Gasteiger partial charge in [0.1, 0.15) is 0 Å². The average Bonchev–Trinajstić information content (AvgIpc) is 2.36. The van der Waals surface area contributed by atoms with E-state index >= 15 is 0 Å². The van der Waals surface area contributed by atoms with Gasteiger partial charge in [-0.1, -0.05) is 5.10 Å². The minimum Gasteiger partial charge on any atom is -0.215 e. The Morgan fingerprint density at radius 1 is 1.36 bits per heavy atom. The van der Waals surface area contributed by atoms with Crippen LogP contribution in [0.4, 0.5) is 0 Å². The van der Waals surface area contributed by atoms with Crippen molar-refractivity contribution in [2.45, 2.75) is 13.8 Å². The van der Waals surface area contributed by atoms with Crippen LogP contribution in [0.15, 0.2) is 6.20 Å². The van der Waals surface area contributed by atoms with E-state index in [0.29, 0.717) is 5.78 Å². The third-order valence-electron chi connectivity index (χ3n) is 1.63. The zero-order valence-corrected chi connectivity index (χ0v) is 6.31. The molecule has 56 valence electrons. The molecule has 0 saturated carbocycles. The van der Waals surface area contributed by atoms with Gasteiger partial charge in [-0.25, -0.2) is 4.98 Å². The van der Waals surface area contributed by atoms with Crippen molar-refractivity contribution in [3.63, 3.8) is 0 Å². The molecule has 0 fully saturated rings. The minimum atomic E-state index is 0.549. The van der Waals surface area contributed by atoms with Crippen LogP contribution in [0.3, 0.4) is 0 Å². The van der Waals surface area contributed by atoms with Crippen LogP contribution in [0.2, 0.25) is 0 Å². The van der Waals surface area contributed by atoms with Crippen LogP contribution < -0.4 is 0 Å². The van der Waals surface area contributed by atoms with Crippen molar-refractivity contribution >= 4 is 5.78 Å². The maximum absolute atomic E-state index is 4.16. The van der Waals surface area contributed by atoms with Gasteiger partial charge in [-0.2, -0.15) is 4.52 Å². The van der Waals surface area contributed by atoms with Gasteiger partial charge in [0.05, 0.1) is 0 Å². The quantitative estimate of drug-likeness (QED) is 0.534. The largest absolute Gasteiger partial charge is 0.273 e. The molecule has 0 aliphatic heterocycles. The maximum atomic E-state index is 4.16. The molecule has 0 N–H and O–H groups in total. The Bertz CT molecular complexity index is 355. The Balaban J connectivity index is 2.86. The SMILES string of the molecule is Cc1cn2nnnc2nc1C. The van der Waals surface area contributed by atoms with E-state index in [-0.39, 0.29) is 0 Å². The van der Waals surface area contributed by atoms with Gasteiger partial charge in [-0.15, -0.1) is 0 Å². The maximum Gasteiger partial charge on any atom is 0.273 e. The van der Waals surface area contributed by atoms with E-state index in [1.807, 2.05) is 20.0 Å². The first kappa shape index (κ1) is 6.21. The lowest BCUT2D eigenvalue weighted by Gasteiger charge is -1.96. The van der Waals surface area contributed by atoms with E-state index in [9.17, 15) is 0 Å². The number of tetrazole rings is 1. The first-order valence-corrected chi connectivity index (χ1v) is 3.29.